The lowest BCUT2D eigenvalue weighted by Crippen LogP contribution is -2.63. The number of carbonyl (C=O) groups is 3. The van der Waals surface area contributed by atoms with Crippen LogP contribution in [0, 0.1) is 5.92 Å². The number of benzene rings is 1. The Balaban J connectivity index is 1.38. The third kappa shape index (κ3) is 4.61. The Hall–Kier alpha value is -3.36. The van der Waals surface area contributed by atoms with Gasteiger partial charge >= 0.3 is 6.09 Å². The predicted octanol–water partition coefficient (Wildman–Crippen LogP) is 2.25. The first-order chi connectivity index (χ1) is 15.4. The Morgan fingerprint density at radius 3 is 2.62 bits per heavy atom. The Morgan fingerprint density at radius 1 is 1.16 bits per heavy atom. The molecule has 1 saturated heterocycles. The van der Waals surface area contributed by atoms with Gasteiger partial charge in [-0.25, -0.2) is 9.78 Å². The van der Waals surface area contributed by atoms with Gasteiger partial charge in [0.15, 0.2) is 0 Å². The largest absolute Gasteiger partial charge is 0.465 e. The monoisotopic (exact) mass is 439 g/mol. The van der Waals surface area contributed by atoms with Gasteiger partial charge in [-0.1, -0.05) is 31.4 Å². The van der Waals surface area contributed by atoms with E-state index in [-0.39, 0.29) is 17.7 Å². The van der Waals surface area contributed by atoms with Gasteiger partial charge in [-0.3, -0.25) is 9.59 Å². The van der Waals surface area contributed by atoms with E-state index in [1.165, 1.54) is 4.90 Å². The highest BCUT2D eigenvalue weighted by molar-refractivity contribution is 5.93. The van der Waals surface area contributed by atoms with E-state index in [4.69, 9.17) is 5.73 Å². The molecular formula is C23H29N5O4. The van der Waals surface area contributed by atoms with Crippen LogP contribution in [0.15, 0.2) is 30.5 Å². The highest BCUT2D eigenvalue weighted by Crippen LogP contribution is 2.29. The molecule has 4 rings (SSSR count). The van der Waals surface area contributed by atoms with E-state index in [1.54, 1.807) is 6.20 Å². The molecule has 9 heteroatoms. The number of aromatic nitrogens is 1. The zero-order valence-electron chi connectivity index (χ0n) is 17.9. The second-order valence-electron chi connectivity index (χ2n) is 8.63. The summed E-state index contributed by atoms with van der Waals surface area (Å²) in [6.07, 6.45) is 5.75. The summed E-state index contributed by atoms with van der Waals surface area (Å²) in [7, 11) is 0. The average Bonchev–Trinajstić information content (AvgIpc) is 2.76. The molecule has 1 aliphatic carbocycles. The summed E-state index contributed by atoms with van der Waals surface area (Å²) in [5.74, 6) is -0.0728. The van der Waals surface area contributed by atoms with E-state index in [9.17, 15) is 19.5 Å². The van der Waals surface area contributed by atoms with Crippen molar-refractivity contribution >= 4 is 34.5 Å². The summed E-state index contributed by atoms with van der Waals surface area (Å²) < 4.78 is 0. The molecule has 1 saturated carbocycles. The van der Waals surface area contributed by atoms with Gasteiger partial charge in [-0.2, -0.15) is 0 Å². The van der Waals surface area contributed by atoms with Gasteiger partial charge in [0.2, 0.25) is 11.8 Å². The standard InChI is InChI=1S/C23H29N5O4/c24-20-17-7-6-14(12-16(17)8-10-25-20)13-26-21(29)18-9-11-28(18)22(30)19(27-23(31)32)15-4-2-1-3-5-15/h6-8,10,12,15,18-19,27H,1-5,9,11,13H2,(H2,24,25)(H,26,29)(H,31,32)/t18-,19+/m0/s1. The lowest BCUT2D eigenvalue weighted by Gasteiger charge is -2.43. The van der Waals surface area contributed by atoms with E-state index in [0.717, 1.165) is 48.4 Å². The molecule has 2 fully saturated rings. The van der Waals surface area contributed by atoms with Gasteiger partial charge in [-0.15, -0.1) is 0 Å². The summed E-state index contributed by atoms with van der Waals surface area (Å²) in [5.41, 5.74) is 6.80. The molecule has 2 atom stereocenters. The van der Waals surface area contributed by atoms with Crippen LogP contribution < -0.4 is 16.4 Å². The fourth-order valence-electron chi connectivity index (χ4n) is 4.75. The Labute approximate surface area is 186 Å². The van der Waals surface area contributed by atoms with Crippen LogP contribution >= 0.6 is 0 Å². The van der Waals surface area contributed by atoms with Crippen molar-refractivity contribution < 1.29 is 19.5 Å². The summed E-state index contributed by atoms with van der Waals surface area (Å²) in [6, 6.07) is 6.23. The molecule has 1 aromatic carbocycles. The van der Waals surface area contributed by atoms with Crippen molar-refractivity contribution in [2.45, 2.75) is 57.2 Å². The number of nitrogen functional groups attached to an aromatic ring is 1. The van der Waals surface area contributed by atoms with E-state index in [2.05, 4.69) is 15.6 Å². The van der Waals surface area contributed by atoms with Gasteiger partial charge in [-0.05, 0) is 48.3 Å². The van der Waals surface area contributed by atoms with Crippen LogP contribution in [0.25, 0.3) is 10.8 Å². The first-order valence-corrected chi connectivity index (χ1v) is 11.1. The number of anilines is 1. The summed E-state index contributed by atoms with van der Waals surface area (Å²) >= 11 is 0. The minimum absolute atomic E-state index is 0.0174. The van der Waals surface area contributed by atoms with Crippen LogP contribution in [-0.4, -0.2) is 51.5 Å². The number of hydrogen-bond acceptors (Lipinski definition) is 5. The summed E-state index contributed by atoms with van der Waals surface area (Å²) in [4.78, 5) is 42.8. The van der Waals surface area contributed by atoms with Crippen LogP contribution in [0.3, 0.4) is 0 Å². The van der Waals surface area contributed by atoms with Crippen molar-refractivity contribution in [1.82, 2.24) is 20.5 Å². The average molecular weight is 440 g/mol. The van der Waals surface area contributed by atoms with Crippen molar-refractivity contribution in [2.75, 3.05) is 12.3 Å². The number of pyridine rings is 1. The molecule has 1 aromatic heterocycles. The van der Waals surface area contributed by atoms with E-state index >= 15 is 0 Å². The molecule has 0 radical (unpaired) electrons. The SMILES string of the molecule is Nc1nccc2cc(CNC(=O)[C@@H]3CCN3C(=O)[C@H](NC(=O)O)C3CCCCC3)ccc12. The highest BCUT2D eigenvalue weighted by atomic mass is 16.4. The number of nitrogens with two attached hydrogens (primary N) is 1. The molecule has 3 amide bonds. The first kappa shape index (κ1) is 21.9. The van der Waals surface area contributed by atoms with Crippen molar-refractivity contribution in [3.63, 3.8) is 0 Å². The second-order valence-corrected chi connectivity index (χ2v) is 8.63. The number of carbonyl (C=O) groups excluding carboxylic acids is 2. The zero-order chi connectivity index (χ0) is 22.7. The molecule has 0 bridgehead atoms. The van der Waals surface area contributed by atoms with Crippen LogP contribution in [0.1, 0.15) is 44.1 Å². The molecule has 9 nitrogen and oxygen atoms in total. The maximum absolute atomic E-state index is 13.1. The van der Waals surface area contributed by atoms with Gasteiger partial charge in [0.05, 0.1) is 0 Å². The Morgan fingerprint density at radius 2 is 1.94 bits per heavy atom. The molecule has 32 heavy (non-hydrogen) atoms. The molecule has 0 spiro atoms. The van der Waals surface area contributed by atoms with Crippen LogP contribution in [0.5, 0.6) is 0 Å². The quantitative estimate of drug-likeness (QED) is 0.545. The number of fused-ring (bicyclic) bond motifs is 1. The van der Waals surface area contributed by atoms with Gasteiger partial charge in [0.25, 0.3) is 0 Å². The number of nitrogens with zero attached hydrogens (tertiary/aromatic N) is 2. The molecule has 0 unspecified atom stereocenters. The normalized spacial score (nSPS) is 19.8. The molecule has 2 aromatic rings. The number of carboxylic acid groups (broad SMARTS) is 1. The number of amides is 3. The number of rotatable bonds is 6. The maximum atomic E-state index is 13.1. The van der Waals surface area contributed by atoms with Crippen LogP contribution in [0.2, 0.25) is 0 Å². The summed E-state index contributed by atoms with van der Waals surface area (Å²) in [5, 5.41) is 16.4. The minimum Gasteiger partial charge on any atom is -0.465 e. The second kappa shape index (κ2) is 9.42. The van der Waals surface area contributed by atoms with Gasteiger partial charge in [0.1, 0.15) is 17.9 Å². The topological polar surface area (TPSA) is 138 Å². The van der Waals surface area contributed by atoms with E-state index in [0.29, 0.717) is 25.3 Å². The van der Waals surface area contributed by atoms with Crippen molar-refractivity contribution in [2.24, 2.45) is 5.92 Å². The number of nitrogens with one attached hydrogen (secondary N) is 2. The number of likely N-dealkylation sites (tertiary alicyclic amines) is 1. The lowest BCUT2D eigenvalue weighted by atomic mass is 9.82. The molecular weight excluding hydrogens is 410 g/mol. The third-order valence-electron chi connectivity index (χ3n) is 6.60. The third-order valence-corrected chi connectivity index (χ3v) is 6.60. The number of hydrogen-bond donors (Lipinski definition) is 4. The fourth-order valence-corrected chi connectivity index (χ4v) is 4.75. The molecule has 5 N–H and O–H groups in total. The maximum Gasteiger partial charge on any atom is 0.405 e. The predicted molar refractivity (Wildman–Crippen MR) is 120 cm³/mol. The summed E-state index contributed by atoms with van der Waals surface area (Å²) in [6.45, 7) is 0.790. The highest BCUT2D eigenvalue weighted by Gasteiger charge is 2.42. The Bertz CT molecular complexity index is 1020. The molecule has 1 aliphatic heterocycles. The zero-order valence-corrected chi connectivity index (χ0v) is 17.9. The van der Waals surface area contributed by atoms with Crippen molar-refractivity contribution in [3.8, 4) is 0 Å². The van der Waals surface area contributed by atoms with E-state index in [1.807, 2.05) is 24.3 Å². The first-order valence-electron chi connectivity index (χ1n) is 11.1. The van der Waals surface area contributed by atoms with Gasteiger partial charge in [0, 0.05) is 24.7 Å². The van der Waals surface area contributed by atoms with E-state index < -0.39 is 18.2 Å². The lowest BCUT2D eigenvalue weighted by molar-refractivity contribution is -0.150. The van der Waals surface area contributed by atoms with Gasteiger partial charge < -0.3 is 26.4 Å². The molecule has 2 heterocycles. The van der Waals surface area contributed by atoms with Crippen LogP contribution in [-0.2, 0) is 16.1 Å². The van der Waals surface area contributed by atoms with Crippen molar-refractivity contribution in [1.29, 1.82) is 0 Å². The minimum atomic E-state index is -1.21. The van der Waals surface area contributed by atoms with Crippen molar-refractivity contribution in [3.05, 3.63) is 36.0 Å². The molecule has 170 valence electrons. The Kier molecular flexibility index (Phi) is 6.43. The smallest absolute Gasteiger partial charge is 0.405 e. The molecule has 2 aliphatic rings. The van der Waals surface area contributed by atoms with Crippen LogP contribution in [0.4, 0.5) is 10.6 Å². The fraction of sp³-hybridized carbons (Fsp3) is 0.478.